The summed E-state index contributed by atoms with van der Waals surface area (Å²) < 4.78 is 7.70. The normalized spacial score (nSPS) is 22.5. The minimum absolute atomic E-state index is 0.135. The van der Waals surface area contributed by atoms with Crippen LogP contribution in [0.5, 0.6) is 0 Å². The Hall–Kier alpha value is -1.31. The van der Waals surface area contributed by atoms with Crippen LogP contribution in [-0.4, -0.2) is 13.0 Å². The van der Waals surface area contributed by atoms with E-state index in [-0.39, 0.29) is 5.91 Å². The van der Waals surface area contributed by atoms with Crippen molar-refractivity contribution in [3.8, 4) is 0 Å². The fourth-order valence-electron chi connectivity index (χ4n) is 1.48. The summed E-state index contributed by atoms with van der Waals surface area (Å²) >= 11 is 0. The van der Waals surface area contributed by atoms with Crippen LogP contribution in [0.2, 0.25) is 0 Å². The highest BCUT2D eigenvalue weighted by molar-refractivity contribution is 6.01. The topological polar surface area (TPSA) is 20.3 Å². The summed E-state index contributed by atoms with van der Waals surface area (Å²) in [6, 6.07) is 5.73. The van der Waals surface area contributed by atoms with E-state index in [0.717, 1.165) is 16.8 Å². The minimum Gasteiger partial charge on any atom is -0.315 e. The number of hydrogen-bond acceptors (Lipinski definition) is 1. The number of benzene rings is 1. The number of anilines is 1. The first kappa shape index (κ1) is 6.23. The third-order valence-corrected chi connectivity index (χ3v) is 2.26. The molecule has 1 amide bonds. The second-order valence-electron chi connectivity index (χ2n) is 3.05. The maximum atomic E-state index is 11.5. The van der Waals surface area contributed by atoms with Gasteiger partial charge in [0.15, 0.2) is 0 Å². The Kier molecular flexibility index (Phi) is 1.21. The summed E-state index contributed by atoms with van der Waals surface area (Å²) in [4.78, 5) is 13.0. The van der Waals surface area contributed by atoms with Gasteiger partial charge in [0.2, 0.25) is 5.91 Å². The van der Waals surface area contributed by atoms with Gasteiger partial charge in [0.05, 0.1) is 6.40 Å². The maximum Gasteiger partial charge on any atom is 0.231 e. The van der Waals surface area contributed by atoms with Gasteiger partial charge in [0, 0.05) is 14.1 Å². The van der Waals surface area contributed by atoms with Crippen molar-refractivity contribution >= 4 is 11.6 Å². The van der Waals surface area contributed by atoms with Crippen LogP contribution >= 0.6 is 0 Å². The average molecular weight is 163 g/mol. The highest BCUT2D eigenvalue weighted by Gasteiger charge is 2.24. The summed E-state index contributed by atoms with van der Waals surface area (Å²) in [6.45, 7) is 1.94. The molecular weight excluding hydrogens is 150 g/mol. The zero-order valence-electron chi connectivity index (χ0n) is 8.16. The van der Waals surface area contributed by atoms with Crippen LogP contribution < -0.4 is 4.90 Å². The Bertz CT molecular complexity index is 375. The molecule has 1 unspecified atom stereocenters. The van der Waals surface area contributed by atoms with Gasteiger partial charge in [-0.15, -0.1) is 0 Å². The molecule has 0 aromatic heterocycles. The predicted octanol–water partition coefficient (Wildman–Crippen LogP) is 1.51. The molecule has 1 atom stereocenters. The number of aryl methyl sites for hydroxylation is 1. The molecule has 0 saturated carbocycles. The van der Waals surface area contributed by atoms with Gasteiger partial charge in [-0.05, 0) is 24.1 Å². The maximum absolute atomic E-state index is 11.5. The Morgan fingerprint density at radius 1 is 1.58 bits per heavy atom. The largest absolute Gasteiger partial charge is 0.315 e. The first-order valence-electron chi connectivity index (χ1n) is 4.50. The van der Waals surface area contributed by atoms with E-state index in [1.807, 2.05) is 25.1 Å². The first-order chi connectivity index (χ1) is 6.13. The van der Waals surface area contributed by atoms with Gasteiger partial charge in [-0.2, -0.15) is 0 Å². The molecule has 0 fully saturated rings. The number of rotatable bonds is 0. The third kappa shape index (κ3) is 0.843. The van der Waals surface area contributed by atoms with Crippen molar-refractivity contribution in [2.24, 2.45) is 0 Å². The fourth-order valence-corrected chi connectivity index (χ4v) is 1.48. The number of fused-ring (bicyclic) bond motifs is 1. The SMILES string of the molecule is [3H]C1C(=O)N(C)c2cccc(C)c21. The van der Waals surface area contributed by atoms with Gasteiger partial charge in [-0.1, -0.05) is 12.1 Å². The highest BCUT2D eigenvalue weighted by atomic mass is 16.2. The van der Waals surface area contributed by atoms with Gasteiger partial charge >= 0.3 is 0 Å². The zero-order chi connectivity index (χ0) is 9.59. The highest BCUT2D eigenvalue weighted by Crippen LogP contribution is 2.29. The van der Waals surface area contributed by atoms with Gasteiger partial charge in [0.1, 0.15) is 0 Å². The smallest absolute Gasteiger partial charge is 0.231 e. The molecule has 1 heterocycles. The second kappa shape index (κ2) is 2.34. The van der Waals surface area contributed by atoms with E-state index in [0.29, 0.717) is 0 Å². The number of nitrogens with zero attached hydrogens (tertiary/aromatic N) is 1. The van der Waals surface area contributed by atoms with Gasteiger partial charge < -0.3 is 4.90 Å². The first-order valence-corrected chi connectivity index (χ1v) is 3.92. The standard InChI is InChI=1S/C10H11NO/c1-7-4-3-5-9-8(7)6-10(12)11(9)2/h3-5H,6H2,1-2H3/i6T. The zero-order valence-corrected chi connectivity index (χ0v) is 7.16. The quantitative estimate of drug-likeness (QED) is 0.567. The Morgan fingerprint density at radius 3 is 3.00 bits per heavy atom. The number of likely N-dealkylation sites (N-methyl/N-ethyl adjacent to an activating group) is 1. The molecule has 0 bridgehead atoms. The fraction of sp³-hybridized carbons (Fsp3) is 0.300. The number of hydrogen-bond donors (Lipinski definition) is 0. The number of carbonyl (C=O) groups is 1. The summed E-state index contributed by atoms with van der Waals surface area (Å²) in [5.41, 5.74) is 2.76. The van der Waals surface area contributed by atoms with Crippen LogP contribution in [0.4, 0.5) is 5.69 Å². The molecule has 2 nitrogen and oxygen atoms in total. The molecule has 0 radical (unpaired) electrons. The summed E-state index contributed by atoms with van der Waals surface area (Å²) in [5, 5.41) is 0. The monoisotopic (exact) mass is 163 g/mol. The minimum atomic E-state index is -0.721. The van der Waals surface area contributed by atoms with Crippen molar-refractivity contribution in [2.75, 3.05) is 11.9 Å². The molecule has 2 rings (SSSR count). The molecule has 0 spiro atoms. The second-order valence-corrected chi connectivity index (χ2v) is 3.05. The lowest BCUT2D eigenvalue weighted by Crippen LogP contribution is -2.20. The third-order valence-electron chi connectivity index (χ3n) is 2.26. The van der Waals surface area contributed by atoms with Crippen molar-refractivity contribution in [1.29, 1.82) is 0 Å². The lowest BCUT2D eigenvalue weighted by Gasteiger charge is -2.09. The van der Waals surface area contributed by atoms with E-state index in [4.69, 9.17) is 1.37 Å². The van der Waals surface area contributed by atoms with Crippen LogP contribution in [0.25, 0.3) is 0 Å². The van der Waals surface area contributed by atoms with Crippen LogP contribution in [-0.2, 0) is 11.2 Å². The van der Waals surface area contributed by atoms with E-state index in [2.05, 4.69) is 0 Å². The number of carbonyl (C=O) groups excluding carboxylic acids is 1. The Balaban J connectivity index is 2.66. The molecule has 0 saturated heterocycles. The van der Waals surface area contributed by atoms with Crippen molar-refractivity contribution in [3.63, 3.8) is 0 Å². The van der Waals surface area contributed by atoms with Crippen LogP contribution in [0.3, 0.4) is 0 Å². The van der Waals surface area contributed by atoms with Gasteiger partial charge in [-0.3, -0.25) is 4.79 Å². The molecule has 1 aromatic rings. The molecule has 1 aliphatic rings. The van der Waals surface area contributed by atoms with E-state index in [9.17, 15) is 4.79 Å². The van der Waals surface area contributed by atoms with Crippen molar-refractivity contribution in [2.45, 2.75) is 13.3 Å². The summed E-state index contributed by atoms with van der Waals surface area (Å²) in [5.74, 6) is -0.135. The Labute approximate surface area is 73.2 Å². The molecule has 0 N–H and O–H groups in total. The van der Waals surface area contributed by atoms with Crippen LogP contribution in [0.1, 0.15) is 12.5 Å². The molecule has 62 valence electrons. The lowest BCUT2D eigenvalue weighted by molar-refractivity contribution is -0.117. The molecule has 0 aliphatic carbocycles. The predicted molar refractivity (Wildman–Crippen MR) is 48.3 cm³/mol. The summed E-state index contributed by atoms with van der Waals surface area (Å²) in [7, 11) is 1.72. The van der Waals surface area contributed by atoms with Crippen molar-refractivity contribution < 1.29 is 6.17 Å². The molecule has 1 aliphatic heterocycles. The van der Waals surface area contributed by atoms with E-state index in [1.165, 1.54) is 0 Å². The van der Waals surface area contributed by atoms with Crippen molar-refractivity contribution in [3.05, 3.63) is 29.3 Å². The molecular formula is C10H11NO. The molecule has 1 aromatic carbocycles. The van der Waals surface area contributed by atoms with E-state index < -0.39 is 6.40 Å². The average Bonchev–Trinajstić information content (AvgIpc) is 2.33. The van der Waals surface area contributed by atoms with Crippen LogP contribution in [0.15, 0.2) is 18.2 Å². The van der Waals surface area contributed by atoms with E-state index in [1.54, 1.807) is 11.9 Å². The summed E-state index contributed by atoms with van der Waals surface area (Å²) in [6.07, 6.45) is -0.721. The number of amides is 1. The van der Waals surface area contributed by atoms with Crippen molar-refractivity contribution in [1.82, 2.24) is 0 Å². The Morgan fingerprint density at radius 2 is 2.33 bits per heavy atom. The van der Waals surface area contributed by atoms with Crippen LogP contribution in [0, 0.1) is 6.92 Å². The lowest BCUT2D eigenvalue weighted by atomic mass is 10.1. The van der Waals surface area contributed by atoms with Gasteiger partial charge in [0.25, 0.3) is 0 Å². The molecule has 2 heteroatoms. The van der Waals surface area contributed by atoms with Gasteiger partial charge in [-0.25, -0.2) is 0 Å². The molecule has 12 heavy (non-hydrogen) atoms. The van der Waals surface area contributed by atoms with E-state index >= 15 is 0 Å².